The number of halogens is 1. The van der Waals surface area contributed by atoms with E-state index in [1.807, 2.05) is 11.1 Å². The fourth-order valence-electron chi connectivity index (χ4n) is 7.27. The van der Waals surface area contributed by atoms with Crippen molar-refractivity contribution in [2.24, 2.45) is 5.92 Å². The zero-order valence-corrected chi connectivity index (χ0v) is 26.5. The molecule has 5 rings (SSSR count). The summed E-state index contributed by atoms with van der Waals surface area (Å²) in [6, 6.07) is 3.21. The number of benzene rings is 1. The molecule has 45 heavy (non-hydrogen) atoms. The molecule has 4 atom stereocenters. The molecule has 0 radical (unpaired) electrons. The summed E-state index contributed by atoms with van der Waals surface area (Å²) in [6.45, 7) is 13.7. The lowest BCUT2D eigenvalue weighted by Crippen LogP contribution is -2.55. The van der Waals surface area contributed by atoms with E-state index in [4.69, 9.17) is 9.47 Å². The highest BCUT2D eigenvalue weighted by Crippen LogP contribution is 2.44. The van der Waals surface area contributed by atoms with Crippen LogP contribution in [0, 0.1) is 11.7 Å². The number of rotatable bonds is 8. The summed E-state index contributed by atoms with van der Waals surface area (Å²) in [4.78, 5) is 47.9. The Morgan fingerprint density at radius 1 is 1.13 bits per heavy atom. The van der Waals surface area contributed by atoms with Crippen LogP contribution in [0.3, 0.4) is 0 Å². The van der Waals surface area contributed by atoms with Crippen molar-refractivity contribution in [3.8, 4) is 0 Å². The van der Waals surface area contributed by atoms with E-state index in [0.29, 0.717) is 25.0 Å². The van der Waals surface area contributed by atoms with Crippen molar-refractivity contribution in [2.45, 2.75) is 88.9 Å². The Morgan fingerprint density at radius 2 is 1.89 bits per heavy atom. The van der Waals surface area contributed by atoms with Gasteiger partial charge in [-0.15, -0.1) is 0 Å². The molecule has 1 saturated carbocycles. The lowest BCUT2D eigenvalue weighted by molar-refractivity contribution is -0.136. The molecule has 2 aromatic rings. The van der Waals surface area contributed by atoms with E-state index in [-0.39, 0.29) is 42.3 Å². The van der Waals surface area contributed by atoms with Crippen LogP contribution in [0.25, 0.3) is 10.9 Å². The molecule has 0 bridgehead atoms. The van der Waals surface area contributed by atoms with Gasteiger partial charge in [0.15, 0.2) is 0 Å². The van der Waals surface area contributed by atoms with Gasteiger partial charge in [-0.2, -0.15) is 0 Å². The third-order valence-electron chi connectivity index (χ3n) is 9.23. The van der Waals surface area contributed by atoms with Crippen molar-refractivity contribution in [1.82, 2.24) is 20.1 Å². The first-order valence-electron chi connectivity index (χ1n) is 15.9. The number of ether oxygens (including phenoxy) is 2. The van der Waals surface area contributed by atoms with E-state index in [9.17, 15) is 18.8 Å². The van der Waals surface area contributed by atoms with Gasteiger partial charge in [-0.3, -0.25) is 4.79 Å². The molecule has 2 saturated heterocycles. The van der Waals surface area contributed by atoms with Gasteiger partial charge in [0.1, 0.15) is 24.1 Å². The Bertz CT molecular complexity index is 1470. The number of alkyl carbamates (subject to hydrolysis) is 1. The summed E-state index contributed by atoms with van der Waals surface area (Å²) in [6.07, 6.45) is 11.1. The highest BCUT2D eigenvalue weighted by Gasteiger charge is 2.54. The Hall–Kier alpha value is -4.08. The number of hydrogen-bond donors (Lipinski definition) is 2. The number of likely N-dealkylation sites (tertiary alicyclic amines) is 2. The summed E-state index contributed by atoms with van der Waals surface area (Å²) in [5, 5.41) is 3.78. The van der Waals surface area contributed by atoms with E-state index >= 15 is 0 Å². The van der Waals surface area contributed by atoms with Crippen LogP contribution in [0.2, 0.25) is 0 Å². The average molecular weight is 621 g/mol. The van der Waals surface area contributed by atoms with Gasteiger partial charge in [0.25, 0.3) is 0 Å². The van der Waals surface area contributed by atoms with Gasteiger partial charge < -0.3 is 29.6 Å². The SMILES string of the molecule is C=C/C=C(\C=C)COC(=O)N1C[C@H](c2c[nH]c3cc(F)ccc23)[C@@H]2[C@H]1CCN2C(=O)C(NC(=O)OC(C)(C)C)C1CCCCC1. The predicted molar refractivity (Wildman–Crippen MR) is 171 cm³/mol. The zero-order valence-electron chi connectivity index (χ0n) is 26.5. The third-order valence-corrected chi connectivity index (χ3v) is 9.23. The van der Waals surface area contributed by atoms with Crippen molar-refractivity contribution in [2.75, 3.05) is 19.7 Å². The Kier molecular flexibility index (Phi) is 9.70. The molecule has 10 heteroatoms. The molecule has 3 fully saturated rings. The molecule has 9 nitrogen and oxygen atoms in total. The van der Waals surface area contributed by atoms with Crippen molar-refractivity contribution in [3.63, 3.8) is 0 Å². The number of allylic oxidation sites excluding steroid dienone is 2. The number of aromatic nitrogens is 1. The minimum atomic E-state index is -0.739. The van der Waals surface area contributed by atoms with E-state index in [0.717, 1.165) is 48.6 Å². The van der Waals surface area contributed by atoms with Crippen LogP contribution in [0.1, 0.15) is 70.8 Å². The summed E-state index contributed by atoms with van der Waals surface area (Å²) >= 11 is 0. The summed E-state index contributed by atoms with van der Waals surface area (Å²) < 4.78 is 25.4. The average Bonchev–Trinajstić information content (AvgIpc) is 3.71. The van der Waals surface area contributed by atoms with Gasteiger partial charge in [0.05, 0.1) is 12.1 Å². The van der Waals surface area contributed by atoms with Crippen molar-refractivity contribution >= 4 is 29.0 Å². The number of aromatic amines is 1. The standard InChI is InChI=1S/C35H45FN4O5/c1-6-11-22(7-2)21-44-34(43)40-20-27(26-19-37-28-18-24(36)14-15-25(26)28)31-29(40)16-17-39(31)32(41)30(23-12-9-8-10-13-23)38-33(42)45-35(3,4)5/h6-7,11,14-15,18-19,23,27,29-31,37H,1-2,8-10,12-13,16-17,20-21H2,3-5H3,(H,38,42)/b22-11+/t27-,29-,30?,31-/m1/s1. The number of H-pyrrole nitrogens is 1. The van der Waals surface area contributed by atoms with Crippen LogP contribution >= 0.6 is 0 Å². The highest BCUT2D eigenvalue weighted by molar-refractivity contribution is 5.88. The molecule has 2 N–H and O–H groups in total. The van der Waals surface area contributed by atoms with Crippen LogP contribution < -0.4 is 5.32 Å². The Labute approximate surface area is 264 Å². The largest absolute Gasteiger partial charge is 0.445 e. The second-order valence-electron chi connectivity index (χ2n) is 13.3. The van der Waals surface area contributed by atoms with Crippen molar-refractivity contribution in [3.05, 3.63) is 72.7 Å². The van der Waals surface area contributed by atoms with E-state index in [1.165, 1.54) is 12.1 Å². The normalized spacial score (nSPS) is 23.0. The molecule has 1 aromatic heterocycles. The second-order valence-corrected chi connectivity index (χ2v) is 13.3. The summed E-state index contributed by atoms with van der Waals surface area (Å²) in [5.41, 5.74) is 1.57. The van der Waals surface area contributed by atoms with E-state index in [2.05, 4.69) is 23.5 Å². The van der Waals surface area contributed by atoms with Gasteiger partial charge >= 0.3 is 12.2 Å². The molecule has 3 amide bonds. The second kappa shape index (κ2) is 13.5. The Morgan fingerprint density at radius 3 is 2.58 bits per heavy atom. The number of carbonyl (C=O) groups is 3. The lowest BCUT2D eigenvalue weighted by Gasteiger charge is -2.36. The molecular formula is C35H45FN4O5. The molecule has 1 unspecified atom stereocenters. The smallest absolute Gasteiger partial charge is 0.410 e. The van der Waals surface area contributed by atoms with Gasteiger partial charge in [0, 0.05) is 36.1 Å². The molecule has 1 aromatic carbocycles. The van der Waals surface area contributed by atoms with Crippen LogP contribution in [-0.2, 0) is 14.3 Å². The van der Waals surface area contributed by atoms with E-state index < -0.39 is 23.8 Å². The number of amides is 3. The maximum atomic E-state index is 14.5. The highest BCUT2D eigenvalue weighted by atomic mass is 19.1. The van der Waals surface area contributed by atoms with E-state index in [1.54, 1.807) is 50.0 Å². The van der Waals surface area contributed by atoms with Crippen LogP contribution in [0.15, 0.2) is 61.4 Å². The number of fused-ring (bicyclic) bond motifs is 2. The van der Waals surface area contributed by atoms with Gasteiger partial charge in [0.2, 0.25) is 5.91 Å². The first-order valence-corrected chi connectivity index (χ1v) is 15.9. The predicted octanol–water partition coefficient (Wildman–Crippen LogP) is 6.58. The molecular weight excluding hydrogens is 575 g/mol. The molecule has 0 spiro atoms. The van der Waals surface area contributed by atoms with Crippen molar-refractivity contribution in [1.29, 1.82) is 0 Å². The fourth-order valence-corrected chi connectivity index (χ4v) is 7.27. The van der Waals surface area contributed by atoms with Gasteiger partial charge in [-0.1, -0.05) is 50.6 Å². The van der Waals surface area contributed by atoms with Crippen LogP contribution in [-0.4, -0.2) is 76.3 Å². The third kappa shape index (κ3) is 7.10. The number of hydrogen-bond acceptors (Lipinski definition) is 5. The van der Waals surface area contributed by atoms with Crippen LogP contribution in [0.4, 0.5) is 14.0 Å². The Balaban J connectivity index is 1.47. The molecule has 3 aliphatic rings. The van der Waals surface area contributed by atoms with Crippen LogP contribution in [0.5, 0.6) is 0 Å². The number of carbonyl (C=O) groups excluding carboxylic acids is 3. The first kappa shape index (κ1) is 32.3. The molecule has 3 heterocycles. The zero-order chi connectivity index (χ0) is 32.3. The minimum Gasteiger partial charge on any atom is -0.445 e. The summed E-state index contributed by atoms with van der Waals surface area (Å²) in [5.74, 6) is -0.778. The number of nitrogens with zero attached hydrogens (tertiary/aromatic N) is 2. The molecule has 242 valence electrons. The fraction of sp³-hybridized carbons (Fsp3) is 0.514. The molecule has 1 aliphatic carbocycles. The maximum Gasteiger partial charge on any atom is 0.410 e. The first-order chi connectivity index (χ1) is 21.5. The van der Waals surface area contributed by atoms with Crippen molar-refractivity contribution < 1.29 is 28.2 Å². The maximum absolute atomic E-state index is 14.5. The monoisotopic (exact) mass is 620 g/mol. The molecule has 2 aliphatic heterocycles. The number of nitrogens with one attached hydrogen (secondary N) is 2. The lowest BCUT2D eigenvalue weighted by atomic mass is 9.83. The minimum absolute atomic E-state index is 0.0104. The summed E-state index contributed by atoms with van der Waals surface area (Å²) in [7, 11) is 0. The topological polar surface area (TPSA) is 104 Å². The van der Waals surface area contributed by atoms with Gasteiger partial charge in [-0.25, -0.2) is 14.0 Å². The quantitative estimate of drug-likeness (QED) is 0.325. The van der Waals surface area contributed by atoms with Gasteiger partial charge in [-0.05, 0) is 75.3 Å².